The lowest BCUT2D eigenvalue weighted by atomic mass is 9.97. The van der Waals surface area contributed by atoms with Gasteiger partial charge in [-0.05, 0) is 58.1 Å². The number of likely N-dealkylation sites (tertiary alicyclic amines) is 1. The molecule has 5 nitrogen and oxygen atoms in total. The number of aliphatic hydroxyl groups excluding tert-OH is 1. The monoisotopic (exact) mass is 320 g/mol. The van der Waals surface area contributed by atoms with Gasteiger partial charge in [-0.2, -0.15) is 0 Å². The molecule has 1 aromatic carbocycles. The van der Waals surface area contributed by atoms with Gasteiger partial charge in [-0.3, -0.25) is 4.79 Å². The molecule has 0 unspecified atom stereocenters. The fourth-order valence-electron chi connectivity index (χ4n) is 3.12. The Labute approximate surface area is 138 Å². The van der Waals surface area contributed by atoms with Crippen molar-refractivity contribution in [3.8, 4) is 5.75 Å². The summed E-state index contributed by atoms with van der Waals surface area (Å²) < 4.78 is 5.61. The highest BCUT2D eigenvalue weighted by molar-refractivity contribution is 5.94. The lowest BCUT2D eigenvalue weighted by Crippen LogP contribution is -2.30. The quantitative estimate of drug-likeness (QED) is 0.867. The summed E-state index contributed by atoms with van der Waals surface area (Å²) in [5.41, 5.74) is 0.670. The van der Waals surface area contributed by atoms with Gasteiger partial charge >= 0.3 is 0 Å². The highest BCUT2D eigenvalue weighted by Gasteiger charge is 2.35. The molecular weight excluding hydrogens is 292 g/mol. The van der Waals surface area contributed by atoms with Crippen LogP contribution in [0.4, 0.5) is 0 Å². The smallest absolute Gasteiger partial charge is 0.253 e. The fraction of sp³-hybridized carbons (Fsp3) is 0.611. The zero-order valence-corrected chi connectivity index (χ0v) is 14.5. The van der Waals surface area contributed by atoms with Gasteiger partial charge in [0.15, 0.2) is 0 Å². The summed E-state index contributed by atoms with van der Waals surface area (Å²) in [4.78, 5) is 16.6. The second-order valence-corrected chi connectivity index (χ2v) is 6.87. The van der Waals surface area contributed by atoms with E-state index < -0.39 is 0 Å². The number of nitrogens with zero attached hydrogens (tertiary/aromatic N) is 2. The molecule has 2 atom stereocenters. The number of aliphatic hydroxyl groups is 1. The summed E-state index contributed by atoms with van der Waals surface area (Å²) >= 11 is 0. The number of rotatable bonds is 6. The van der Waals surface area contributed by atoms with E-state index >= 15 is 0 Å². The number of hydrogen-bond donors (Lipinski definition) is 1. The molecule has 0 radical (unpaired) electrons. The normalized spacial score (nSPS) is 21.3. The van der Waals surface area contributed by atoms with Gasteiger partial charge in [-0.25, -0.2) is 0 Å². The van der Waals surface area contributed by atoms with Gasteiger partial charge in [-0.15, -0.1) is 0 Å². The summed E-state index contributed by atoms with van der Waals surface area (Å²) in [6.07, 6.45) is 0.118. The molecule has 5 heteroatoms. The minimum Gasteiger partial charge on any atom is -0.491 e. The SMILES string of the molecule is CC(C)Oc1ccc(C(=O)N2C[C@@H](CN(C)C)[C@@H](CO)C2)cc1. The van der Waals surface area contributed by atoms with Crippen LogP contribution in [0.15, 0.2) is 24.3 Å². The Bertz CT molecular complexity index is 514. The average molecular weight is 320 g/mol. The Morgan fingerprint density at radius 2 is 1.87 bits per heavy atom. The van der Waals surface area contributed by atoms with Crippen LogP contribution in [0.5, 0.6) is 5.75 Å². The third-order valence-electron chi connectivity index (χ3n) is 4.17. The van der Waals surface area contributed by atoms with E-state index in [0.717, 1.165) is 12.3 Å². The zero-order valence-electron chi connectivity index (χ0n) is 14.5. The zero-order chi connectivity index (χ0) is 17.0. The van der Waals surface area contributed by atoms with Crippen molar-refractivity contribution in [1.82, 2.24) is 9.80 Å². The number of carbonyl (C=O) groups excluding carboxylic acids is 1. The van der Waals surface area contributed by atoms with Crippen molar-refractivity contribution < 1.29 is 14.6 Å². The highest BCUT2D eigenvalue weighted by atomic mass is 16.5. The van der Waals surface area contributed by atoms with Gasteiger partial charge in [-0.1, -0.05) is 0 Å². The maximum Gasteiger partial charge on any atom is 0.253 e. The van der Waals surface area contributed by atoms with Crippen LogP contribution in [-0.2, 0) is 0 Å². The number of hydrogen-bond acceptors (Lipinski definition) is 4. The molecule has 23 heavy (non-hydrogen) atoms. The van der Waals surface area contributed by atoms with E-state index in [1.54, 1.807) is 0 Å². The Balaban J connectivity index is 2.02. The minimum absolute atomic E-state index is 0.0285. The van der Waals surface area contributed by atoms with Crippen LogP contribution in [-0.4, -0.2) is 67.3 Å². The first-order valence-electron chi connectivity index (χ1n) is 8.22. The van der Waals surface area contributed by atoms with Gasteiger partial charge in [0.1, 0.15) is 5.75 Å². The van der Waals surface area contributed by atoms with Crippen molar-refractivity contribution in [1.29, 1.82) is 0 Å². The predicted molar refractivity (Wildman–Crippen MR) is 90.7 cm³/mol. The molecule has 1 aromatic rings. The van der Waals surface area contributed by atoms with Gasteiger partial charge in [0, 0.05) is 37.7 Å². The van der Waals surface area contributed by atoms with Crippen LogP contribution in [0.1, 0.15) is 24.2 Å². The lowest BCUT2D eigenvalue weighted by Gasteiger charge is -2.20. The van der Waals surface area contributed by atoms with Crippen LogP contribution in [0, 0.1) is 11.8 Å². The highest BCUT2D eigenvalue weighted by Crippen LogP contribution is 2.25. The van der Waals surface area contributed by atoms with Crippen molar-refractivity contribution in [3.05, 3.63) is 29.8 Å². The topological polar surface area (TPSA) is 53.0 Å². The third kappa shape index (κ3) is 4.69. The molecule has 2 rings (SSSR count). The Kier molecular flexibility index (Phi) is 6.02. The van der Waals surface area contributed by atoms with E-state index in [9.17, 15) is 9.90 Å². The number of benzene rings is 1. The first kappa shape index (κ1) is 17.8. The van der Waals surface area contributed by atoms with Crippen LogP contribution < -0.4 is 4.74 Å². The summed E-state index contributed by atoms with van der Waals surface area (Å²) in [7, 11) is 4.04. The Morgan fingerprint density at radius 1 is 1.26 bits per heavy atom. The number of amides is 1. The van der Waals surface area contributed by atoms with E-state index in [2.05, 4.69) is 4.90 Å². The second-order valence-electron chi connectivity index (χ2n) is 6.87. The van der Waals surface area contributed by atoms with Crippen molar-refractivity contribution >= 4 is 5.91 Å². The van der Waals surface area contributed by atoms with Crippen molar-refractivity contribution in [2.75, 3.05) is 40.3 Å². The fourth-order valence-corrected chi connectivity index (χ4v) is 3.12. The van der Waals surface area contributed by atoms with E-state index in [-0.39, 0.29) is 24.5 Å². The summed E-state index contributed by atoms with van der Waals surface area (Å²) in [6, 6.07) is 7.30. The standard InChI is InChI=1S/C18H28N2O3/c1-13(2)23-17-7-5-14(6-8-17)18(22)20-10-15(9-19(3)4)16(11-20)12-21/h5-8,13,15-16,21H,9-12H2,1-4H3/t15-,16-/m1/s1. The van der Waals surface area contributed by atoms with Gasteiger partial charge in [0.05, 0.1) is 6.10 Å². The van der Waals surface area contributed by atoms with Gasteiger partial charge < -0.3 is 19.6 Å². The van der Waals surface area contributed by atoms with Crippen LogP contribution in [0.2, 0.25) is 0 Å². The van der Waals surface area contributed by atoms with E-state index in [0.29, 0.717) is 24.6 Å². The Morgan fingerprint density at radius 3 is 2.39 bits per heavy atom. The largest absolute Gasteiger partial charge is 0.491 e. The third-order valence-corrected chi connectivity index (χ3v) is 4.17. The van der Waals surface area contributed by atoms with Crippen LogP contribution in [0.3, 0.4) is 0 Å². The molecule has 0 saturated carbocycles. The molecule has 1 aliphatic heterocycles. The molecule has 0 spiro atoms. The summed E-state index contributed by atoms with van der Waals surface area (Å²) in [5, 5.41) is 9.57. The summed E-state index contributed by atoms with van der Waals surface area (Å²) in [6.45, 7) is 6.29. The molecule has 0 aliphatic carbocycles. The molecule has 1 N–H and O–H groups in total. The molecule has 128 valence electrons. The van der Waals surface area contributed by atoms with E-state index in [1.165, 1.54) is 0 Å². The number of carbonyl (C=O) groups is 1. The molecule has 1 aliphatic rings. The number of ether oxygens (including phenoxy) is 1. The van der Waals surface area contributed by atoms with Crippen molar-refractivity contribution in [2.24, 2.45) is 11.8 Å². The predicted octanol–water partition coefficient (Wildman–Crippen LogP) is 1.72. The average Bonchev–Trinajstić information content (AvgIpc) is 2.89. The van der Waals surface area contributed by atoms with Crippen LogP contribution >= 0.6 is 0 Å². The first-order valence-corrected chi connectivity index (χ1v) is 8.22. The van der Waals surface area contributed by atoms with E-state index in [4.69, 9.17) is 4.74 Å². The Hall–Kier alpha value is -1.59. The van der Waals surface area contributed by atoms with E-state index in [1.807, 2.05) is 57.1 Å². The molecular formula is C18H28N2O3. The molecule has 0 bridgehead atoms. The lowest BCUT2D eigenvalue weighted by molar-refractivity contribution is 0.0779. The maximum atomic E-state index is 12.7. The van der Waals surface area contributed by atoms with Crippen molar-refractivity contribution in [3.63, 3.8) is 0 Å². The molecule has 1 fully saturated rings. The van der Waals surface area contributed by atoms with Gasteiger partial charge in [0.2, 0.25) is 0 Å². The summed E-state index contributed by atoms with van der Waals surface area (Å²) in [5.74, 6) is 1.28. The second kappa shape index (κ2) is 7.79. The minimum atomic E-state index is 0.0285. The van der Waals surface area contributed by atoms with Crippen LogP contribution in [0.25, 0.3) is 0 Å². The molecule has 1 amide bonds. The molecule has 1 heterocycles. The maximum absolute atomic E-state index is 12.7. The van der Waals surface area contributed by atoms with Crippen molar-refractivity contribution in [2.45, 2.75) is 20.0 Å². The first-order chi connectivity index (χ1) is 10.9. The molecule has 0 aromatic heterocycles. The molecule has 1 saturated heterocycles. The van der Waals surface area contributed by atoms with Gasteiger partial charge in [0.25, 0.3) is 5.91 Å².